The van der Waals surface area contributed by atoms with Gasteiger partial charge in [0.1, 0.15) is 5.75 Å². The lowest BCUT2D eigenvalue weighted by molar-refractivity contribution is -0.136. The van der Waals surface area contributed by atoms with Crippen molar-refractivity contribution in [3.63, 3.8) is 0 Å². The zero-order valence-electron chi connectivity index (χ0n) is 17.9. The molecule has 3 fully saturated rings. The molecule has 0 radical (unpaired) electrons. The van der Waals surface area contributed by atoms with Crippen LogP contribution in [0.1, 0.15) is 36.4 Å². The van der Waals surface area contributed by atoms with E-state index >= 15 is 0 Å². The summed E-state index contributed by atoms with van der Waals surface area (Å²) in [5.74, 6) is 2.00. The third-order valence-corrected chi connectivity index (χ3v) is 7.10. The van der Waals surface area contributed by atoms with Gasteiger partial charge >= 0.3 is 0 Å². The number of rotatable bonds is 5. The molecule has 5 rings (SSSR count). The molecule has 2 aromatic rings. The zero-order chi connectivity index (χ0) is 21.4. The van der Waals surface area contributed by atoms with Gasteiger partial charge in [-0.1, -0.05) is 18.2 Å². The van der Waals surface area contributed by atoms with E-state index in [1.807, 2.05) is 35.2 Å². The number of likely N-dealkylation sites (tertiary alicyclic amines) is 2. The first kappa shape index (κ1) is 20.0. The Balaban J connectivity index is 1.36. The van der Waals surface area contributed by atoms with Gasteiger partial charge in [-0.15, -0.1) is 0 Å². The van der Waals surface area contributed by atoms with Crippen LogP contribution in [0.15, 0.2) is 48.7 Å². The standard InChI is InChI=1S/C25H29N3O3/c1-31-20-9-7-17(8-10-20)21-16-28(25(30)18-5-6-18)23-11-13-27(15-22(21)23)24(29)14-19-4-2-3-12-26-19/h2-4,7-10,12,18,21-23H,5-6,11,13-16H2,1H3/t21-,22-,23-/m1/s1. The van der Waals surface area contributed by atoms with Crippen LogP contribution in [-0.2, 0) is 16.0 Å². The molecule has 1 aromatic carbocycles. The highest BCUT2D eigenvalue weighted by Crippen LogP contribution is 2.44. The summed E-state index contributed by atoms with van der Waals surface area (Å²) in [5, 5.41) is 0. The molecule has 2 saturated heterocycles. The van der Waals surface area contributed by atoms with E-state index in [0.717, 1.165) is 37.3 Å². The second-order valence-corrected chi connectivity index (χ2v) is 9.00. The Kier molecular flexibility index (Phi) is 5.38. The predicted octanol–water partition coefficient (Wildman–Crippen LogP) is 2.89. The molecule has 162 valence electrons. The number of carbonyl (C=O) groups is 2. The Morgan fingerprint density at radius 3 is 2.55 bits per heavy atom. The molecule has 3 aliphatic rings. The van der Waals surface area contributed by atoms with Crippen LogP contribution in [0.25, 0.3) is 0 Å². The lowest BCUT2D eigenvalue weighted by Gasteiger charge is -2.39. The van der Waals surface area contributed by atoms with Gasteiger partial charge in [0.2, 0.25) is 11.8 Å². The van der Waals surface area contributed by atoms with Crippen molar-refractivity contribution in [1.29, 1.82) is 0 Å². The molecule has 6 nitrogen and oxygen atoms in total. The van der Waals surface area contributed by atoms with Crippen molar-refractivity contribution >= 4 is 11.8 Å². The van der Waals surface area contributed by atoms with Crippen molar-refractivity contribution in [1.82, 2.24) is 14.8 Å². The molecule has 3 heterocycles. The Bertz CT molecular complexity index is 942. The molecule has 0 spiro atoms. The molecule has 2 aliphatic heterocycles. The van der Waals surface area contributed by atoms with Gasteiger partial charge in [0, 0.05) is 55.3 Å². The van der Waals surface area contributed by atoms with E-state index in [1.54, 1.807) is 13.3 Å². The number of benzene rings is 1. The summed E-state index contributed by atoms with van der Waals surface area (Å²) in [4.78, 5) is 34.4. The number of fused-ring (bicyclic) bond motifs is 1. The summed E-state index contributed by atoms with van der Waals surface area (Å²) < 4.78 is 5.32. The molecule has 0 unspecified atom stereocenters. The lowest BCUT2D eigenvalue weighted by Crippen LogP contribution is -2.50. The van der Waals surface area contributed by atoms with E-state index < -0.39 is 0 Å². The average Bonchev–Trinajstić information content (AvgIpc) is 3.60. The fourth-order valence-corrected chi connectivity index (χ4v) is 5.25. The smallest absolute Gasteiger partial charge is 0.228 e. The topological polar surface area (TPSA) is 62.7 Å². The van der Waals surface area contributed by atoms with E-state index in [1.165, 1.54) is 5.56 Å². The molecule has 1 aromatic heterocycles. The third-order valence-electron chi connectivity index (χ3n) is 7.10. The normalized spacial score (nSPS) is 25.3. The quantitative estimate of drug-likeness (QED) is 0.748. The van der Waals surface area contributed by atoms with Gasteiger partial charge in [-0.2, -0.15) is 0 Å². The summed E-state index contributed by atoms with van der Waals surface area (Å²) in [6.07, 6.45) is 4.95. The lowest BCUT2D eigenvalue weighted by atomic mass is 9.81. The van der Waals surface area contributed by atoms with Crippen LogP contribution in [0.4, 0.5) is 0 Å². The summed E-state index contributed by atoms with van der Waals surface area (Å²) >= 11 is 0. The number of nitrogens with zero attached hydrogens (tertiary/aromatic N) is 3. The van der Waals surface area contributed by atoms with E-state index in [4.69, 9.17) is 4.74 Å². The first-order valence-electron chi connectivity index (χ1n) is 11.3. The number of methoxy groups -OCH3 is 1. The van der Waals surface area contributed by atoms with Crippen molar-refractivity contribution in [2.75, 3.05) is 26.7 Å². The number of aromatic nitrogens is 1. The highest BCUT2D eigenvalue weighted by molar-refractivity contribution is 5.82. The van der Waals surface area contributed by atoms with Gasteiger partial charge in [-0.05, 0) is 49.1 Å². The van der Waals surface area contributed by atoms with Crippen molar-refractivity contribution in [3.05, 3.63) is 59.9 Å². The number of ether oxygens (including phenoxy) is 1. The van der Waals surface area contributed by atoms with Crippen molar-refractivity contribution < 1.29 is 14.3 Å². The Hall–Kier alpha value is -2.89. The second-order valence-electron chi connectivity index (χ2n) is 9.00. The van der Waals surface area contributed by atoms with Gasteiger partial charge in [-0.3, -0.25) is 14.6 Å². The number of pyridine rings is 1. The van der Waals surface area contributed by atoms with Crippen LogP contribution in [-0.4, -0.2) is 59.4 Å². The minimum atomic E-state index is 0.123. The van der Waals surface area contributed by atoms with Crippen LogP contribution in [0.3, 0.4) is 0 Å². The van der Waals surface area contributed by atoms with E-state index in [2.05, 4.69) is 22.0 Å². The van der Waals surface area contributed by atoms with Crippen LogP contribution in [0.2, 0.25) is 0 Å². The zero-order valence-corrected chi connectivity index (χ0v) is 17.9. The van der Waals surface area contributed by atoms with Crippen LogP contribution in [0.5, 0.6) is 5.75 Å². The first-order chi connectivity index (χ1) is 15.1. The highest BCUT2D eigenvalue weighted by Gasteiger charge is 2.49. The molecule has 1 saturated carbocycles. The van der Waals surface area contributed by atoms with Crippen molar-refractivity contribution in [3.8, 4) is 5.75 Å². The van der Waals surface area contributed by atoms with Gasteiger partial charge in [-0.25, -0.2) is 0 Å². The maximum Gasteiger partial charge on any atom is 0.228 e. The number of hydrogen-bond acceptors (Lipinski definition) is 4. The van der Waals surface area contributed by atoms with Crippen LogP contribution in [0, 0.1) is 11.8 Å². The summed E-state index contributed by atoms with van der Waals surface area (Å²) in [5.41, 5.74) is 2.03. The van der Waals surface area contributed by atoms with Gasteiger partial charge < -0.3 is 14.5 Å². The molecular weight excluding hydrogens is 390 g/mol. The minimum Gasteiger partial charge on any atom is -0.497 e. The number of piperidine rings is 1. The van der Waals surface area contributed by atoms with Gasteiger partial charge in [0.15, 0.2) is 0 Å². The molecule has 1 aliphatic carbocycles. The number of hydrogen-bond donors (Lipinski definition) is 0. The fourth-order valence-electron chi connectivity index (χ4n) is 5.25. The maximum atomic E-state index is 13.0. The Morgan fingerprint density at radius 2 is 1.87 bits per heavy atom. The monoisotopic (exact) mass is 419 g/mol. The second kappa shape index (κ2) is 8.33. The van der Waals surface area contributed by atoms with Crippen LogP contribution < -0.4 is 4.74 Å². The number of carbonyl (C=O) groups excluding carboxylic acids is 2. The molecular formula is C25H29N3O3. The van der Waals surface area contributed by atoms with E-state index in [0.29, 0.717) is 25.4 Å². The van der Waals surface area contributed by atoms with Gasteiger partial charge in [0.05, 0.1) is 13.5 Å². The first-order valence-corrected chi connectivity index (χ1v) is 11.3. The summed E-state index contributed by atoms with van der Waals surface area (Å²) in [6.45, 7) is 2.15. The molecule has 6 heteroatoms. The van der Waals surface area contributed by atoms with Crippen molar-refractivity contribution in [2.24, 2.45) is 11.8 Å². The molecule has 3 atom stereocenters. The van der Waals surface area contributed by atoms with E-state index in [9.17, 15) is 9.59 Å². The Labute approximate surface area is 183 Å². The summed E-state index contributed by atoms with van der Waals surface area (Å²) in [7, 11) is 1.67. The minimum absolute atomic E-state index is 0.123. The van der Waals surface area contributed by atoms with E-state index in [-0.39, 0.29) is 29.7 Å². The SMILES string of the molecule is COc1ccc([C@H]2CN(C(=O)C3CC3)[C@@H]3CCN(C(=O)Cc4ccccn4)C[C@H]23)cc1. The molecule has 31 heavy (non-hydrogen) atoms. The average molecular weight is 420 g/mol. The van der Waals surface area contributed by atoms with Gasteiger partial charge in [0.25, 0.3) is 0 Å². The molecule has 0 bridgehead atoms. The fraction of sp³-hybridized carbons (Fsp3) is 0.480. The maximum absolute atomic E-state index is 13.0. The molecule has 2 amide bonds. The predicted molar refractivity (Wildman–Crippen MR) is 117 cm³/mol. The van der Waals surface area contributed by atoms with Crippen molar-refractivity contribution in [2.45, 2.75) is 37.6 Å². The third kappa shape index (κ3) is 4.03. The molecule has 0 N–H and O–H groups in total. The Morgan fingerprint density at radius 1 is 1.06 bits per heavy atom. The van der Waals surface area contributed by atoms with Crippen LogP contribution >= 0.6 is 0 Å². The highest BCUT2D eigenvalue weighted by atomic mass is 16.5. The summed E-state index contributed by atoms with van der Waals surface area (Å²) in [6, 6.07) is 14.1. The number of amides is 2. The largest absolute Gasteiger partial charge is 0.497 e.